The first-order valence-electron chi connectivity index (χ1n) is 7.36. The monoisotopic (exact) mass is 353 g/mol. The number of hydrogen-bond donors (Lipinski definition) is 1. The Labute approximate surface area is 140 Å². The van der Waals surface area contributed by atoms with Crippen molar-refractivity contribution in [2.24, 2.45) is 0 Å². The van der Waals surface area contributed by atoms with Crippen LogP contribution in [0.15, 0.2) is 41.6 Å². The van der Waals surface area contributed by atoms with Crippen LogP contribution in [-0.2, 0) is 19.5 Å². The number of nitrogens with zero attached hydrogens (tertiary/aromatic N) is 2. The van der Waals surface area contributed by atoms with E-state index in [-0.39, 0.29) is 23.4 Å². The number of nitrogens with one attached hydrogen (secondary N) is 1. The molecule has 0 amide bonds. The van der Waals surface area contributed by atoms with Gasteiger partial charge in [0.2, 0.25) is 10.0 Å². The molecule has 1 aromatic carbocycles. The molecule has 0 unspecified atom stereocenters. The van der Waals surface area contributed by atoms with Crippen molar-refractivity contribution < 1.29 is 22.6 Å². The summed E-state index contributed by atoms with van der Waals surface area (Å²) in [6.07, 6.45) is 3.03. The average molecular weight is 353 g/mol. The van der Waals surface area contributed by atoms with Crippen molar-refractivity contribution in [2.45, 2.75) is 17.0 Å². The Morgan fingerprint density at radius 1 is 1.33 bits per heavy atom. The van der Waals surface area contributed by atoms with Crippen LogP contribution in [0.5, 0.6) is 5.75 Å². The molecule has 0 bridgehead atoms. The minimum absolute atomic E-state index is 0.0414. The molecule has 1 aromatic heterocycles. The fourth-order valence-corrected chi connectivity index (χ4v) is 4.02. The number of sulfonamides is 1. The topological polar surface area (TPSA) is 91.7 Å². The van der Waals surface area contributed by atoms with Gasteiger partial charge in [-0.1, -0.05) is 0 Å². The third-order valence-electron chi connectivity index (χ3n) is 3.84. The molecule has 0 radical (unpaired) electrons. The molecule has 0 saturated carbocycles. The van der Waals surface area contributed by atoms with Gasteiger partial charge in [0.05, 0.1) is 38.2 Å². The largest absolute Gasteiger partial charge is 0.495 e. The summed E-state index contributed by atoms with van der Waals surface area (Å²) in [4.78, 5) is 0.0414. The van der Waals surface area contributed by atoms with E-state index in [0.717, 1.165) is 0 Å². The third kappa shape index (κ3) is 3.29. The van der Waals surface area contributed by atoms with E-state index in [1.165, 1.54) is 20.3 Å². The zero-order valence-electron chi connectivity index (χ0n) is 13.4. The first-order chi connectivity index (χ1) is 11.5. The van der Waals surface area contributed by atoms with E-state index in [0.29, 0.717) is 12.3 Å². The molecule has 9 heteroatoms. The average Bonchev–Trinajstić information content (AvgIpc) is 3.25. The lowest BCUT2D eigenvalue weighted by Gasteiger charge is -2.19. The summed E-state index contributed by atoms with van der Waals surface area (Å²) in [6, 6.07) is 6.17. The molecule has 8 nitrogen and oxygen atoms in total. The van der Waals surface area contributed by atoms with Gasteiger partial charge < -0.3 is 14.2 Å². The van der Waals surface area contributed by atoms with Crippen molar-refractivity contribution in [2.75, 3.05) is 27.4 Å². The molecular weight excluding hydrogens is 334 g/mol. The summed E-state index contributed by atoms with van der Waals surface area (Å²) in [5.74, 6) is 0.256. The number of methoxy groups -OCH3 is 2. The summed E-state index contributed by atoms with van der Waals surface area (Å²) >= 11 is 0. The van der Waals surface area contributed by atoms with Gasteiger partial charge in [-0.15, -0.1) is 0 Å². The van der Waals surface area contributed by atoms with Gasteiger partial charge in [0.15, 0.2) is 0 Å². The zero-order chi connectivity index (χ0) is 17.2. The highest BCUT2D eigenvalue weighted by Gasteiger charge is 2.33. The molecule has 3 rings (SSSR count). The Hall–Kier alpha value is -1.94. The molecule has 0 aliphatic carbocycles. The predicted octanol–water partition coefficient (Wildman–Crippen LogP) is 0.573. The summed E-state index contributed by atoms with van der Waals surface area (Å²) in [5, 5.41) is 4.11. The van der Waals surface area contributed by atoms with Gasteiger partial charge in [0, 0.05) is 19.5 Å². The number of rotatable bonds is 6. The molecule has 1 saturated heterocycles. The smallest absolute Gasteiger partial charge is 0.244 e. The fraction of sp³-hybridized carbons (Fsp3) is 0.400. The van der Waals surface area contributed by atoms with Crippen LogP contribution in [0.25, 0.3) is 5.69 Å². The van der Waals surface area contributed by atoms with Gasteiger partial charge in [-0.05, 0) is 24.3 Å². The number of ether oxygens (including phenoxy) is 3. The van der Waals surface area contributed by atoms with Gasteiger partial charge in [-0.25, -0.2) is 17.8 Å². The van der Waals surface area contributed by atoms with Gasteiger partial charge >= 0.3 is 0 Å². The molecule has 2 heterocycles. The maximum Gasteiger partial charge on any atom is 0.244 e. The predicted molar refractivity (Wildman–Crippen MR) is 85.8 cm³/mol. The molecular formula is C15H19N3O5S. The molecule has 24 heavy (non-hydrogen) atoms. The molecule has 1 aliphatic rings. The quantitative estimate of drug-likeness (QED) is 0.816. The van der Waals surface area contributed by atoms with Crippen LogP contribution in [0.2, 0.25) is 0 Å². The highest BCUT2D eigenvalue weighted by molar-refractivity contribution is 7.89. The van der Waals surface area contributed by atoms with E-state index in [1.807, 2.05) is 0 Å². The highest BCUT2D eigenvalue weighted by Crippen LogP contribution is 2.27. The number of aromatic nitrogens is 2. The van der Waals surface area contributed by atoms with Crippen LogP contribution in [0.4, 0.5) is 0 Å². The number of benzene rings is 1. The molecule has 1 fully saturated rings. The van der Waals surface area contributed by atoms with E-state index in [2.05, 4.69) is 9.82 Å². The van der Waals surface area contributed by atoms with Crippen LogP contribution in [0.1, 0.15) is 0 Å². The molecule has 1 aliphatic heterocycles. The molecule has 2 atom stereocenters. The lowest BCUT2D eigenvalue weighted by molar-refractivity contribution is 0.0761. The van der Waals surface area contributed by atoms with Crippen molar-refractivity contribution in [1.82, 2.24) is 14.5 Å². The Balaban J connectivity index is 1.95. The first-order valence-corrected chi connectivity index (χ1v) is 8.84. The van der Waals surface area contributed by atoms with Gasteiger partial charge in [-0.2, -0.15) is 5.10 Å². The van der Waals surface area contributed by atoms with E-state index in [9.17, 15) is 8.42 Å². The summed E-state index contributed by atoms with van der Waals surface area (Å²) < 4.78 is 45.6. The summed E-state index contributed by atoms with van der Waals surface area (Å²) in [7, 11) is -0.863. The van der Waals surface area contributed by atoms with E-state index in [4.69, 9.17) is 14.2 Å². The molecule has 2 aromatic rings. The van der Waals surface area contributed by atoms with Gasteiger partial charge in [0.25, 0.3) is 0 Å². The van der Waals surface area contributed by atoms with Crippen molar-refractivity contribution in [3.8, 4) is 11.4 Å². The van der Waals surface area contributed by atoms with Crippen LogP contribution >= 0.6 is 0 Å². The Morgan fingerprint density at radius 3 is 2.83 bits per heavy atom. The third-order valence-corrected chi connectivity index (χ3v) is 5.35. The van der Waals surface area contributed by atoms with Gasteiger partial charge in [-0.3, -0.25) is 0 Å². The van der Waals surface area contributed by atoms with Crippen LogP contribution in [0.3, 0.4) is 0 Å². The normalized spacial score (nSPS) is 21.1. The SMILES string of the molecule is COc1ccc(-n2cccn2)cc1S(=O)(=O)N[C@H]1COC[C@@H]1OC. The summed E-state index contributed by atoms with van der Waals surface area (Å²) in [5.41, 5.74) is 0.618. The van der Waals surface area contributed by atoms with Crippen molar-refractivity contribution in [3.05, 3.63) is 36.7 Å². The minimum atomic E-state index is -3.82. The van der Waals surface area contributed by atoms with Gasteiger partial charge in [0.1, 0.15) is 10.6 Å². The molecule has 130 valence electrons. The Kier molecular flexibility index (Phi) is 4.86. The van der Waals surface area contributed by atoms with Crippen molar-refractivity contribution >= 4 is 10.0 Å². The van der Waals surface area contributed by atoms with E-state index >= 15 is 0 Å². The Morgan fingerprint density at radius 2 is 2.17 bits per heavy atom. The molecule has 0 spiro atoms. The number of hydrogen-bond acceptors (Lipinski definition) is 6. The second-order valence-electron chi connectivity index (χ2n) is 5.33. The van der Waals surface area contributed by atoms with E-state index < -0.39 is 16.1 Å². The zero-order valence-corrected chi connectivity index (χ0v) is 14.2. The van der Waals surface area contributed by atoms with E-state index in [1.54, 1.807) is 35.3 Å². The Bertz CT molecular complexity index is 791. The highest BCUT2D eigenvalue weighted by atomic mass is 32.2. The fourth-order valence-electron chi connectivity index (χ4n) is 2.58. The molecule has 1 N–H and O–H groups in total. The maximum atomic E-state index is 12.8. The van der Waals surface area contributed by atoms with Crippen molar-refractivity contribution in [1.29, 1.82) is 0 Å². The summed E-state index contributed by atoms with van der Waals surface area (Å²) in [6.45, 7) is 0.618. The second kappa shape index (κ2) is 6.89. The second-order valence-corrected chi connectivity index (χ2v) is 7.01. The van der Waals surface area contributed by atoms with Crippen LogP contribution in [-0.4, -0.2) is 57.8 Å². The lowest BCUT2D eigenvalue weighted by Crippen LogP contribution is -2.43. The van der Waals surface area contributed by atoms with Crippen molar-refractivity contribution in [3.63, 3.8) is 0 Å². The minimum Gasteiger partial charge on any atom is -0.495 e. The van der Waals surface area contributed by atoms with Crippen LogP contribution in [0, 0.1) is 0 Å². The standard InChI is InChI=1S/C15H19N3O5S/c1-21-13-5-4-11(18-7-3-6-16-18)8-15(13)24(19,20)17-12-9-23-10-14(12)22-2/h3-8,12,14,17H,9-10H2,1-2H3/t12-,14-/m0/s1. The maximum absolute atomic E-state index is 12.8. The first kappa shape index (κ1) is 16.9. The van der Waals surface area contributed by atoms with Crippen LogP contribution < -0.4 is 9.46 Å². The lowest BCUT2D eigenvalue weighted by atomic mass is 10.2.